The summed E-state index contributed by atoms with van der Waals surface area (Å²) >= 11 is 0. The number of furan rings is 1. The highest BCUT2D eigenvalue weighted by Crippen LogP contribution is 2.30. The van der Waals surface area contributed by atoms with Crippen LogP contribution in [-0.2, 0) is 20.7 Å². The Hall–Kier alpha value is -3.35. The van der Waals surface area contributed by atoms with Crippen LogP contribution in [0.25, 0.3) is 21.7 Å². The molecule has 1 heterocycles. The van der Waals surface area contributed by atoms with Gasteiger partial charge in [-0.3, -0.25) is 14.9 Å². The van der Waals surface area contributed by atoms with E-state index in [9.17, 15) is 14.4 Å². The number of nitrogens with one attached hydrogen (secondary N) is 2. The Morgan fingerprint density at radius 2 is 1.87 bits per heavy atom. The molecule has 4 rings (SSSR count). The van der Waals surface area contributed by atoms with E-state index < -0.39 is 24.0 Å². The Morgan fingerprint density at radius 1 is 1.10 bits per heavy atom. The van der Waals surface area contributed by atoms with Crippen LogP contribution >= 0.6 is 0 Å². The zero-order valence-electron chi connectivity index (χ0n) is 17.5. The molecule has 3 amide bonds. The fraction of sp³-hybridized carbons (Fsp3) is 0.375. The SMILES string of the molecule is C[C@@H](OC(=O)Cc1coc2ccc3ccccc3c12)C(=O)NC(=O)NC1CCCCC1. The molecule has 3 aromatic rings. The minimum Gasteiger partial charge on any atom is -0.464 e. The Bertz CT molecular complexity index is 1110. The molecule has 1 aromatic heterocycles. The summed E-state index contributed by atoms with van der Waals surface area (Å²) in [6.45, 7) is 1.45. The number of benzene rings is 2. The van der Waals surface area contributed by atoms with Crippen LogP contribution in [0.2, 0.25) is 0 Å². The van der Waals surface area contributed by atoms with Crippen molar-refractivity contribution in [1.82, 2.24) is 10.6 Å². The van der Waals surface area contributed by atoms with E-state index in [0.717, 1.165) is 41.8 Å². The molecule has 2 aromatic carbocycles. The second-order valence-corrected chi connectivity index (χ2v) is 8.03. The number of hydrogen-bond donors (Lipinski definition) is 2. The summed E-state index contributed by atoms with van der Waals surface area (Å²) in [6, 6.07) is 11.2. The fourth-order valence-corrected chi connectivity index (χ4v) is 4.13. The summed E-state index contributed by atoms with van der Waals surface area (Å²) in [7, 11) is 0. The molecule has 1 saturated carbocycles. The van der Waals surface area contributed by atoms with Crippen LogP contribution in [0.15, 0.2) is 47.1 Å². The molecular formula is C24H26N2O5. The average molecular weight is 422 g/mol. The van der Waals surface area contributed by atoms with Gasteiger partial charge >= 0.3 is 12.0 Å². The molecule has 1 aliphatic rings. The van der Waals surface area contributed by atoms with Gasteiger partial charge in [0.1, 0.15) is 5.58 Å². The lowest BCUT2D eigenvalue weighted by molar-refractivity contribution is -0.153. The van der Waals surface area contributed by atoms with Gasteiger partial charge in [-0.05, 0) is 36.6 Å². The van der Waals surface area contributed by atoms with Crippen LogP contribution in [0.5, 0.6) is 0 Å². The van der Waals surface area contributed by atoms with E-state index in [4.69, 9.17) is 9.15 Å². The Kier molecular flexibility index (Phi) is 6.21. The predicted molar refractivity (Wildman–Crippen MR) is 117 cm³/mol. The predicted octanol–water partition coefficient (Wildman–Crippen LogP) is 4.22. The summed E-state index contributed by atoms with van der Waals surface area (Å²) in [5.41, 5.74) is 1.38. The first kappa shape index (κ1) is 20.9. The quantitative estimate of drug-likeness (QED) is 0.600. The maximum Gasteiger partial charge on any atom is 0.321 e. The maximum atomic E-state index is 12.5. The third-order valence-corrected chi connectivity index (χ3v) is 5.73. The normalized spacial score (nSPS) is 15.5. The third-order valence-electron chi connectivity index (χ3n) is 5.73. The molecule has 0 unspecified atom stereocenters. The van der Waals surface area contributed by atoms with E-state index in [-0.39, 0.29) is 12.5 Å². The van der Waals surface area contributed by atoms with Crippen molar-refractivity contribution in [3.8, 4) is 0 Å². The minimum absolute atomic E-state index is 0.0348. The first-order chi connectivity index (χ1) is 15.0. The third kappa shape index (κ3) is 4.87. The van der Waals surface area contributed by atoms with Gasteiger partial charge in [0.15, 0.2) is 6.10 Å². The highest BCUT2D eigenvalue weighted by molar-refractivity contribution is 6.08. The molecule has 0 saturated heterocycles. The zero-order valence-corrected chi connectivity index (χ0v) is 17.5. The summed E-state index contributed by atoms with van der Waals surface area (Å²) in [4.78, 5) is 36.8. The highest BCUT2D eigenvalue weighted by Gasteiger charge is 2.23. The first-order valence-corrected chi connectivity index (χ1v) is 10.7. The second-order valence-electron chi connectivity index (χ2n) is 8.03. The van der Waals surface area contributed by atoms with Crippen molar-refractivity contribution >= 4 is 39.6 Å². The second kappa shape index (κ2) is 9.20. The van der Waals surface area contributed by atoms with E-state index in [2.05, 4.69) is 10.6 Å². The number of fused-ring (bicyclic) bond motifs is 3. The van der Waals surface area contributed by atoms with Crippen molar-refractivity contribution < 1.29 is 23.5 Å². The van der Waals surface area contributed by atoms with Crippen molar-refractivity contribution in [3.63, 3.8) is 0 Å². The van der Waals surface area contributed by atoms with E-state index in [1.54, 1.807) is 6.26 Å². The molecule has 31 heavy (non-hydrogen) atoms. The number of ether oxygens (including phenoxy) is 1. The van der Waals surface area contributed by atoms with Gasteiger partial charge in [0.05, 0.1) is 12.7 Å². The van der Waals surface area contributed by atoms with E-state index in [1.807, 2.05) is 36.4 Å². The van der Waals surface area contributed by atoms with Crippen LogP contribution in [0, 0.1) is 0 Å². The van der Waals surface area contributed by atoms with Gasteiger partial charge in [0.25, 0.3) is 5.91 Å². The van der Waals surface area contributed by atoms with Crippen molar-refractivity contribution in [3.05, 3.63) is 48.2 Å². The number of urea groups is 1. The molecule has 2 N–H and O–H groups in total. The Morgan fingerprint density at radius 3 is 2.68 bits per heavy atom. The molecule has 0 aliphatic heterocycles. The standard InChI is InChI=1S/C24H26N2O5/c1-15(23(28)26-24(29)25-18-8-3-2-4-9-18)31-21(27)13-17-14-30-20-12-11-16-7-5-6-10-19(16)22(17)20/h5-7,10-12,14-15,18H,2-4,8-9,13H2,1H3,(H2,25,26,28,29)/t15-/m1/s1. The molecule has 0 bridgehead atoms. The zero-order chi connectivity index (χ0) is 21.8. The Balaban J connectivity index is 1.35. The topological polar surface area (TPSA) is 97.6 Å². The monoisotopic (exact) mass is 422 g/mol. The van der Waals surface area contributed by atoms with Crippen molar-refractivity contribution in [2.24, 2.45) is 0 Å². The van der Waals surface area contributed by atoms with E-state index in [1.165, 1.54) is 13.3 Å². The fourth-order valence-electron chi connectivity index (χ4n) is 4.13. The largest absolute Gasteiger partial charge is 0.464 e. The van der Waals surface area contributed by atoms with Crippen LogP contribution < -0.4 is 10.6 Å². The first-order valence-electron chi connectivity index (χ1n) is 10.7. The van der Waals surface area contributed by atoms with Crippen LogP contribution in [0.3, 0.4) is 0 Å². The van der Waals surface area contributed by atoms with E-state index in [0.29, 0.717) is 11.1 Å². The summed E-state index contributed by atoms with van der Waals surface area (Å²) < 4.78 is 10.9. The van der Waals surface area contributed by atoms with Gasteiger partial charge in [0, 0.05) is 17.0 Å². The highest BCUT2D eigenvalue weighted by atomic mass is 16.5. The molecule has 7 heteroatoms. The molecule has 1 aliphatic carbocycles. The number of rotatable bonds is 5. The smallest absolute Gasteiger partial charge is 0.321 e. The molecule has 1 atom stereocenters. The molecule has 7 nitrogen and oxygen atoms in total. The van der Waals surface area contributed by atoms with Gasteiger partial charge < -0.3 is 14.5 Å². The lowest BCUT2D eigenvalue weighted by atomic mass is 9.96. The number of imide groups is 1. The van der Waals surface area contributed by atoms with Gasteiger partial charge in [0.2, 0.25) is 0 Å². The summed E-state index contributed by atoms with van der Waals surface area (Å²) in [5.74, 6) is -1.21. The molecular weight excluding hydrogens is 396 g/mol. The van der Waals surface area contributed by atoms with Crippen LogP contribution in [0.4, 0.5) is 4.79 Å². The van der Waals surface area contributed by atoms with Gasteiger partial charge in [-0.15, -0.1) is 0 Å². The van der Waals surface area contributed by atoms with Crippen molar-refractivity contribution in [1.29, 1.82) is 0 Å². The van der Waals surface area contributed by atoms with E-state index >= 15 is 0 Å². The number of esters is 1. The number of carbonyl (C=O) groups excluding carboxylic acids is 3. The number of amides is 3. The minimum atomic E-state index is -1.08. The molecule has 0 spiro atoms. The summed E-state index contributed by atoms with van der Waals surface area (Å²) in [6.07, 6.45) is 5.58. The number of carbonyl (C=O) groups is 3. The van der Waals surface area contributed by atoms with Crippen molar-refractivity contribution in [2.75, 3.05) is 0 Å². The van der Waals surface area contributed by atoms with Gasteiger partial charge in [-0.25, -0.2) is 4.79 Å². The molecule has 0 radical (unpaired) electrons. The molecule has 162 valence electrons. The van der Waals surface area contributed by atoms with Gasteiger partial charge in [-0.2, -0.15) is 0 Å². The lowest BCUT2D eigenvalue weighted by Crippen LogP contribution is -2.48. The van der Waals surface area contributed by atoms with Crippen LogP contribution in [-0.4, -0.2) is 30.1 Å². The maximum absolute atomic E-state index is 12.5. The average Bonchev–Trinajstić information content (AvgIpc) is 3.17. The number of hydrogen-bond acceptors (Lipinski definition) is 5. The summed E-state index contributed by atoms with van der Waals surface area (Å²) in [5, 5.41) is 7.96. The lowest BCUT2D eigenvalue weighted by Gasteiger charge is -2.23. The Labute approximate surface area is 180 Å². The van der Waals surface area contributed by atoms with Crippen molar-refractivity contribution in [2.45, 2.75) is 57.6 Å². The molecule has 1 fully saturated rings. The van der Waals surface area contributed by atoms with Crippen LogP contribution in [0.1, 0.15) is 44.6 Å². The van der Waals surface area contributed by atoms with Gasteiger partial charge in [-0.1, -0.05) is 49.6 Å².